The normalized spacial score (nSPS) is 26.6. The largest absolute Gasteiger partial charge is 0.378 e. The first-order valence-electron chi connectivity index (χ1n) is 8.96. The maximum atomic E-state index is 5.87. The van der Waals surface area contributed by atoms with E-state index in [-0.39, 0.29) is 0 Å². The number of hydrogen-bond donors (Lipinski definition) is 1. The zero-order valence-electron chi connectivity index (χ0n) is 14.3. The number of unbranched alkanes of at least 4 members (excludes halogenated alkanes) is 6. The van der Waals surface area contributed by atoms with Gasteiger partial charge in [0.2, 0.25) is 0 Å². The average Bonchev–Trinajstić information content (AvgIpc) is 2.77. The minimum Gasteiger partial charge on any atom is -0.378 e. The Balaban J connectivity index is 2.24. The highest BCUT2D eigenvalue weighted by atomic mass is 16.5. The van der Waals surface area contributed by atoms with Crippen LogP contribution in [-0.4, -0.2) is 25.3 Å². The molecule has 2 heteroatoms. The van der Waals surface area contributed by atoms with Crippen molar-refractivity contribution in [1.29, 1.82) is 0 Å². The molecule has 0 aromatic carbocycles. The molecule has 2 unspecified atom stereocenters. The second-order valence-electron chi connectivity index (χ2n) is 7.03. The second-order valence-corrected chi connectivity index (χ2v) is 7.03. The van der Waals surface area contributed by atoms with E-state index < -0.39 is 0 Å². The van der Waals surface area contributed by atoms with Crippen LogP contribution < -0.4 is 5.32 Å². The highest BCUT2D eigenvalue weighted by Gasteiger charge is 2.40. The van der Waals surface area contributed by atoms with E-state index in [1.807, 2.05) is 0 Å². The number of nitrogens with one attached hydrogen (secondary N) is 1. The molecular formula is C18H37NO. The van der Waals surface area contributed by atoms with Gasteiger partial charge >= 0.3 is 0 Å². The third-order valence-electron chi connectivity index (χ3n) is 4.97. The predicted octanol–water partition coefficient (Wildman–Crippen LogP) is 4.92. The fraction of sp³-hybridized carbons (Fsp3) is 1.00. The van der Waals surface area contributed by atoms with Gasteiger partial charge in [0.15, 0.2) is 0 Å². The summed E-state index contributed by atoms with van der Waals surface area (Å²) in [5, 5.41) is 3.65. The van der Waals surface area contributed by atoms with Crippen LogP contribution in [-0.2, 0) is 4.74 Å². The lowest BCUT2D eigenvalue weighted by Gasteiger charge is -2.33. The Hall–Kier alpha value is -0.0800. The van der Waals surface area contributed by atoms with Gasteiger partial charge in [-0.15, -0.1) is 0 Å². The zero-order valence-corrected chi connectivity index (χ0v) is 14.3. The molecule has 2 atom stereocenters. The van der Waals surface area contributed by atoms with Gasteiger partial charge in [-0.3, -0.25) is 0 Å². The molecule has 0 spiro atoms. The maximum Gasteiger partial charge on any atom is 0.0616 e. The molecule has 1 saturated heterocycles. The minimum atomic E-state index is 0.397. The topological polar surface area (TPSA) is 21.3 Å². The Morgan fingerprint density at radius 2 is 1.75 bits per heavy atom. The lowest BCUT2D eigenvalue weighted by molar-refractivity contribution is 0.0560. The molecule has 0 amide bonds. The molecule has 0 saturated carbocycles. The fourth-order valence-electron chi connectivity index (χ4n) is 3.31. The Morgan fingerprint density at radius 1 is 1.10 bits per heavy atom. The first-order chi connectivity index (χ1) is 9.60. The van der Waals surface area contributed by atoms with Crippen molar-refractivity contribution in [2.75, 3.05) is 13.2 Å². The monoisotopic (exact) mass is 283 g/mol. The van der Waals surface area contributed by atoms with Gasteiger partial charge in [0, 0.05) is 24.6 Å². The van der Waals surface area contributed by atoms with Crippen LogP contribution in [0.15, 0.2) is 0 Å². The van der Waals surface area contributed by atoms with Gasteiger partial charge in [0.25, 0.3) is 0 Å². The van der Waals surface area contributed by atoms with E-state index in [2.05, 4.69) is 33.0 Å². The Morgan fingerprint density at radius 3 is 2.30 bits per heavy atom. The van der Waals surface area contributed by atoms with Gasteiger partial charge in [-0.05, 0) is 19.8 Å². The molecule has 0 aromatic heterocycles. The van der Waals surface area contributed by atoms with Crippen molar-refractivity contribution in [3.63, 3.8) is 0 Å². The average molecular weight is 284 g/mol. The van der Waals surface area contributed by atoms with Crippen LogP contribution >= 0.6 is 0 Å². The van der Waals surface area contributed by atoms with E-state index in [0.29, 0.717) is 17.6 Å². The predicted molar refractivity (Wildman–Crippen MR) is 88.2 cm³/mol. The molecule has 20 heavy (non-hydrogen) atoms. The zero-order chi connectivity index (χ0) is 14.8. The van der Waals surface area contributed by atoms with Gasteiger partial charge in [-0.1, -0.05) is 65.7 Å². The molecule has 0 aliphatic carbocycles. The highest BCUT2D eigenvalue weighted by molar-refractivity contribution is 4.91. The van der Waals surface area contributed by atoms with Crippen LogP contribution in [0.2, 0.25) is 0 Å². The Labute approximate surface area is 127 Å². The summed E-state index contributed by atoms with van der Waals surface area (Å²) in [7, 11) is 0. The molecule has 0 aromatic rings. The maximum absolute atomic E-state index is 5.87. The Bertz CT molecular complexity index is 242. The van der Waals surface area contributed by atoms with E-state index in [4.69, 9.17) is 4.74 Å². The van der Waals surface area contributed by atoms with Gasteiger partial charge in [-0.25, -0.2) is 0 Å². The van der Waals surface area contributed by atoms with E-state index in [1.165, 1.54) is 57.8 Å². The molecule has 0 bridgehead atoms. The van der Waals surface area contributed by atoms with Crippen molar-refractivity contribution in [3.05, 3.63) is 0 Å². The molecule has 1 N–H and O–H groups in total. The SMILES string of the molecule is CCCCCCCCCC1(CNC(C)C)CCOC1C. The van der Waals surface area contributed by atoms with Crippen LogP contribution in [0.4, 0.5) is 0 Å². The van der Waals surface area contributed by atoms with Crippen molar-refractivity contribution in [2.24, 2.45) is 5.41 Å². The third-order valence-corrected chi connectivity index (χ3v) is 4.97. The minimum absolute atomic E-state index is 0.397. The highest BCUT2D eigenvalue weighted by Crippen LogP contribution is 2.39. The summed E-state index contributed by atoms with van der Waals surface area (Å²) in [6.45, 7) is 11.1. The third kappa shape index (κ3) is 6.13. The first-order valence-corrected chi connectivity index (χ1v) is 8.96. The second kappa shape index (κ2) is 9.78. The summed E-state index contributed by atoms with van der Waals surface area (Å²) >= 11 is 0. The van der Waals surface area contributed by atoms with Gasteiger partial charge < -0.3 is 10.1 Å². The summed E-state index contributed by atoms with van der Waals surface area (Å²) in [5.41, 5.74) is 0.397. The molecule has 2 nitrogen and oxygen atoms in total. The summed E-state index contributed by atoms with van der Waals surface area (Å²) in [6, 6.07) is 0.578. The van der Waals surface area contributed by atoms with Crippen LogP contribution in [0.1, 0.15) is 85.5 Å². The lowest BCUT2D eigenvalue weighted by Crippen LogP contribution is -2.41. The van der Waals surface area contributed by atoms with Crippen molar-refractivity contribution >= 4 is 0 Å². The number of rotatable bonds is 11. The van der Waals surface area contributed by atoms with Gasteiger partial charge in [0.05, 0.1) is 6.10 Å². The van der Waals surface area contributed by atoms with E-state index in [9.17, 15) is 0 Å². The van der Waals surface area contributed by atoms with E-state index >= 15 is 0 Å². The van der Waals surface area contributed by atoms with Gasteiger partial charge in [0.1, 0.15) is 0 Å². The van der Waals surface area contributed by atoms with Crippen LogP contribution in [0, 0.1) is 5.41 Å². The van der Waals surface area contributed by atoms with Crippen LogP contribution in [0.3, 0.4) is 0 Å². The summed E-state index contributed by atoms with van der Waals surface area (Å²) in [4.78, 5) is 0. The molecule has 1 aliphatic rings. The van der Waals surface area contributed by atoms with Gasteiger partial charge in [-0.2, -0.15) is 0 Å². The van der Waals surface area contributed by atoms with Crippen molar-refractivity contribution in [1.82, 2.24) is 5.32 Å². The molecule has 1 aliphatic heterocycles. The fourth-order valence-corrected chi connectivity index (χ4v) is 3.31. The smallest absolute Gasteiger partial charge is 0.0616 e. The van der Waals surface area contributed by atoms with Crippen molar-refractivity contribution < 1.29 is 4.74 Å². The Kier molecular flexibility index (Phi) is 8.79. The molecule has 1 heterocycles. The summed E-state index contributed by atoms with van der Waals surface area (Å²) < 4.78 is 5.87. The van der Waals surface area contributed by atoms with Crippen LogP contribution in [0.25, 0.3) is 0 Å². The summed E-state index contributed by atoms with van der Waals surface area (Å²) in [5.74, 6) is 0. The van der Waals surface area contributed by atoms with E-state index in [1.54, 1.807) is 0 Å². The molecule has 1 rings (SSSR count). The lowest BCUT2D eigenvalue weighted by atomic mass is 9.76. The van der Waals surface area contributed by atoms with Crippen LogP contribution in [0.5, 0.6) is 0 Å². The molecule has 1 fully saturated rings. The number of ether oxygens (including phenoxy) is 1. The standard InChI is InChI=1S/C18H37NO/c1-5-6-7-8-9-10-11-12-18(15-19-16(2)3)13-14-20-17(18)4/h16-17,19H,5-15H2,1-4H3. The molecular weight excluding hydrogens is 246 g/mol. The quantitative estimate of drug-likeness (QED) is 0.543. The summed E-state index contributed by atoms with van der Waals surface area (Å²) in [6.07, 6.45) is 12.8. The van der Waals surface area contributed by atoms with E-state index in [0.717, 1.165) is 13.2 Å². The van der Waals surface area contributed by atoms with Crippen molar-refractivity contribution in [3.8, 4) is 0 Å². The molecule has 120 valence electrons. The molecule has 0 radical (unpaired) electrons. The first kappa shape index (κ1) is 18.0. The van der Waals surface area contributed by atoms with Crippen molar-refractivity contribution in [2.45, 2.75) is 97.6 Å². The number of hydrogen-bond acceptors (Lipinski definition) is 2.